The third-order valence-electron chi connectivity index (χ3n) is 15.7. The van der Waals surface area contributed by atoms with E-state index in [9.17, 15) is 0 Å². The largest absolute Gasteiger partial charge is 0.456 e. The molecule has 0 aliphatic heterocycles. The van der Waals surface area contributed by atoms with Crippen molar-refractivity contribution in [1.82, 2.24) is 24.1 Å². The van der Waals surface area contributed by atoms with Crippen molar-refractivity contribution < 1.29 is 8.83 Å². The molecule has 0 N–H and O–H groups in total. The molecule has 0 saturated carbocycles. The summed E-state index contributed by atoms with van der Waals surface area (Å²) in [6.45, 7) is 0. The van der Waals surface area contributed by atoms with Crippen molar-refractivity contribution in [2.75, 3.05) is 0 Å². The van der Waals surface area contributed by atoms with Gasteiger partial charge in [-0.3, -0.25) is 0 Å². The van der Waals surface area contributed by atoms with E-state index in [-0.39, 0.29) is 0 Å². The first kappa shape index (κ1) is 41.1. The second kappa shape index (κ2) is 15.6. The Balaban J connectivity index is 1.01. The van der Waals surface area contributed by atoms with Crippen LogP contribution in [0.2, 0.25) is 0 Å². The molecule has 0 atom stereocenters. The quantitative estimate of drug-likeness (QED) is 0.172. The van der Waals surface area contributed by atoms with E-state index in [1.54, 1.807) is 0 Å². The van der Waals surface area contributed by atoms with Gasteiger partial charge in [0.2, 0.25) is 0 Å². The van der Waals surface area contributed by atoms with Crippen LogP contribution in [0.25, 0.3) is 165 Å². The van der Waals surface area contributed by atoms with Gasteiger partial charge in [-0.25, -0.2) is 15.0 Å². The molecule has 5 aromatic heterocycles. The molecule has 0 spiro atoms. The molecule has 0 saturated heterocycles. The van der Waals surface area contributed by atoms with Gasteiger partial charge in [0.05, 0.1) is 33.1 Å². The van der Waals surface area contributed by atoms with Crippen molar-refractivity contribution in [2.24, 2.45) is 0 Å². The summed E-state index contributed by atoms with van der Waals surface area (Å²) in [7, 11) is 0. The van der Waals surface area contributed by atoms with Gasteiger partial charge in [-0.05, 0) is 106 Å². The number of para-hydroxylation sites is 3. The number of hydrogen-bond donors (Lipinski definition) is 0. The fourth-order valence-corrected chi connectivity index (χ4v) is 12.3. The first-order chi connectivity index (χ1) is 37.7. The normalized spacial score (nSPS) is 12.2. The molecule has 0 aliphatic rings. The van der Waals surface area contributed by atoms with Gasteiger partial charge < -0.3 is 18.0 Å². The standard InChI is InChI=1S/C69H39N5O2/c1-2-21-46(22-3-1)73-55-28-12-10-24-48(55)63-51(26-14-29-56(63)73)68-70-67(71-69(72-68)52-27-15-31-61-64(52)49-25-11-13-30-60(49)75-61)45-38-59(65-50-33-32-40-16-8-9-23-47(40)66(50)76-62(65)39-45)74-57-36-43-19-6-4-17-41(43)34-53(57)54-35-42-18-5-7-20-44(42)37-58(54)74/h1-39H. The molecule has 5 heterocycles. The van der Waals surface area contributed by atoms with Gasteiger partial charge in [-0.1, -0.05) is 158 Å². The van der Waals surface area contributed by atoms with Crippen LogP contribution in [-0.4, -0.2) is 24.1 Å². The topological polar surface area (TPSA) is 74.8 Å². The van der Waals surface area contributed by atoms with Crippen LogP contribution in [0.5, 0.6) is 0 Å². The minimum absolute atomic E-state index is 0.513. The fraction of sp³-hybridized carbons (Fsp3) is 0. The zero-order valence-corrected chi connectivity index (χ0v) is 40.6. The summed E-state index contributed by atoms with van der Waals surface area (Å²) in [6.07, 6.45) is 0. The van der Waals surface area contributed by atoms with E-state index < -0.39 is 0 Å². The average molecular weight is 970 g/mol. The number of furan rings is 2. The molecule has 0 unspecified atom stereocenters. The monoisotopic (exact) mass is 969 g/mol. The predicted molar refractivity (Wildman–Crippen MR) is 312 cm³/mol. The van der Waals surface area contributed by atoms with Crippen LogP contribution in [0.15, 0.2) is 245 Å². The first-order valence-electron chi connectivity index (χ1n) is 25.7. The van der Waals surface area contributed by atoms with Gasteiger partial charge in [-0.2, -0.15) is 0 Å². The van der Waals surface area contributed by atoms with Gasteiger partial charge in [0.1, 0.15) is 22.3 Å². The Morgan fingerprint density at radius 3 is 1.59 bits per heavy atom. The number of nitrogens with zero attached hydrogens (tertiary/aromatic N) is 5. The Bertz CT molecular complexity index is 5220. The van der Waals surface area contributed by atoms with E-state index in [0.29, 0.717) is 17.5 Å². The summed E-state index contributed by atoms with van der Waals surface area (Å²) in [5, 5.41) is 15.3. The summed E-state index contributed by atoms with van der Waals surface area (Å²) >= 11 is 0. The Hall–Kier alpha value is -10.4. The van der Waals surface area contributed by atoms with Gasteiger partial charge in [-0.15, -0.1) is 0 Å². The molecule has 12 aromatic carbocycles. The van der Waals surface area contributed by atoms with Crippen molar-refractivity contribution in [1.29, 1.82) is 0 Å². The number of benzene rings is 12. The third kappa shape index (κ3) is 5.90. The van der Waals surface area contributed by atoms with Crippen molar-refractivity contribution in [3.05, 3.63) is 237 Å². The second-order valence-corrected chi connectivity index (χ2v) is 19.9. The van der Waals surface area contributed by atoms with E-state index >= 15 is 0 Å². The molecule has 0 amide bonds. The van der Waals surface area contributed by atoms with Crippen molar-refractivity contribution >= 4 is 120 Å². The van der Waals surface area contributed by atoms with Crippen LogP contribution in [0.4, 0.5) is 0 Å². The van der Waals surface area contributed by atoms with Crippen LogP contribution in [0.1, 0.15) is 0 Å². The molecule has 352 valence electrons. The Kier molecular flexibility index (Phi) is 8.43. The van der Waals surface area contributed by atoms with E-state index in [1.165, 1.54) is 21.5 Å². The van der Waals surface area contributed by atoms with Gasteiger partial charge in [0.25, 0.3) is 0 Å². The SMILES string of the molecule is c1ccc(-n2c3ccccc3c3c(-c4nc(-c5cc(-n6c7cc8ccccc8cc7c7cc8ccccc8cc76)c6c(c5)oc5c7ccccc7ccc56)nc(-c5cccc6oc7ccccc7c56)n4)cccc32)cc1. The highest BCUT2D eigenvalue weighted by Gasteiger charge is 2.25. The highest BCUT2D eigenvalue weighted by Crippen LogP contribution is 2.46. The summed E-state index contributed by atoms with van der Waals surface area (Å²) < 4.78 is 18.5. The fourth-order valence-electron chi connectivity index (χ4n) is 12.3. The average Bonchev–Trinajstić information content (AvgIpc) is 4.29. The number of aromatic nitrogens is 5. The lowest BCUT2D eigenvalue weighted by Gasteiger charge is -2.14. The molecule has 0 fully saturated rings. The maximum atomic E-state index is 7.21. The molecule has 7 heteroatoms. The molecule has 17 aromatic rings. The molecule has 0 radical (unpaired) electrons. The number of fused-ring (bicyclic) bond motifs is 16. The third-order valence-corrected chi connectivity index (χ3v) is 15.7. The second-order valence-electron chi connectivity index (χ2n) is 19.9. The number of rotatable bonds is 5. The summed E-state index contributed by atoms with van der Waals surface area (Å²) in [6, 6.07) is 83.9. The summed E-state index contributed by atoms with van der Waals surface area (Å²) in [5.41, 5.74) is 12.0. The highest BCUT2D eigenvalue weighted by atomic mass is 16.3. The van der Waals surface area contributed by atoms with E-state index in [2.05, 4.69) is 221 Å². The van der Waals surface area contributed by atoms with E-state index in [1.807, 2.05) is 24.3 Å². The predicted octanol–water partition coefficient (Wildman–Crippen LogP) is 18.3. The van der Waals surface area contributed by atoms with Crippen LogP contribution in [0.3, 0.4) is 0 Å². The molecular weight excluding hydrogens is 931 g/mol. The highest BCUT2D eigenvalue weighted by molar-refractivity contribution is 6.22. The van der Waals surface area contributed by atoms with Crippen molar-refractivity contribution in [3.8, 4) is 45.5 Å². The minimum atomic E-state index is 0.513. The van der Waals surface area contributed by atoms with Crippen LogP contribution >= 0.6 is 0 Å². The molecule has 0 aliphatic carbocycles. The van der Waals surface area contributed by atoms with E-state index in [4.69, 9.17) is 23.8 Å². The lowest BCUT2D eigenvalue weighted by atomic mass is 10.0. The molecule has 17 rings (SSSR count). The van der Waals surface area contributed by atoms with Gasteiger partial charge in [0.15, 0.2) is 17.5 Å². The minimum Gasteiger partial charge on any atom is -0.456 e. The lowest BCUT2D eigenvalue weighted by Crippen LogP contribution is -2.02. The first-order valence-corrected chi connectivity index (χ1v) is 25.7. The van der Waals surface area contributed by atoms with Gasteiger partial charge >= 0.3 is 0 Å². The Labute approximate surface area is 432 Å². The van der Waals surface area contributed by atoms with Crippen molar-refractivity contribution in [3.63, 3.8) is 0 Å². The van der Waals surface area contributed by atoms with Crippen LogP contribution in [-0.2, 0) is 0 Å². The molecular formula is C69H39N5O2. The lowest BCUT2D eigenvalue weighted by molar-refractivity contribution is 0.669. The Morgan fingerprint density at radius 2 is 0.855 bits per heavy atom. The zero-order valence-electron chi connectivity index (χ0n) is 40.6. The maximum absolute atomic E-state index is 7.21. The van der Waals surface area contributed by atoms with Gasteiger partial charge in [0, 0.05) is 65.5 Å². The van der Waals surface area contributed by atoms with Crippen LogP contribution < -0.4 is 0 Å². The zero-order chi connectivity index (χ0) is 49.6. The van der Waals surface area contributed by atoms with Crippen LogP contribution in [0, 0.1) is 0 Å². The van der Waals surface area contributed by atoms with E-state index in [0.717, 1.165) is 126 Å². The maximum Gasteiger partial charge on any atom is 0.164 e. The molecule has 76 heavy (non-hydrogen) atoms. The smallest absolute Gasteiger partial charge is 0.164 e. The summed E-state index contributed by atoms with van der Waals surface area (Å²) in [4.78, 5) is 16.7. The van der Waals surface area contributed by atoms with Crippen molar-refractivity contribution in [2.45, 2.75) is 0 Å². The summed E-state index contributed by atoms with van der Waals surface area (Å²) in [5.74, 6) is 1.60. The number of hydrogen-bond acceptors (Lipinski definition) is 5. The Morgan fingerprint density at radius 1 is 0.289 bits per heavy atom. The molecule has 0 bridgehead atoms. The molecule has 7 nitrogen and oxygen atoms in total.